The van der Waals surface area contributed by atoms with E-state index in [1.807, 2.05) is 4.90 Å². The van der Waals surface area contributed by atoms with Crippen molar-refractivity contribution in [2.75, 3.05) is 32.7 Å². The molecule has 0 radical (unpaired) electrons. The topological polar surface area (TPSA) is 35.6 Å². The normalized spacial score (nSPS) is 29.9. The lowest BCUT2D eigenvalue weighted by atomic mass is 10.2. The van der Waals surface area contributed by atoms with Crippen molar-refractivity contribution in [1.82, 2.24) is 15.1 Å². The summed E-state index contributed by atoms with van der Waals surface area (Å²) in [6.45, 7) is 6.68. The van der Waals surface area contributed by atoms with E-state index in [-0.39, 0.29) is 5.91 Å². The zero-order chi connectivity index (χ0) is 9.97. The lowest BCUT2D eigenvalue weighted by Crippen LogP contribution is -2.56. The molecule has 4 nitrogen and oxygen atoms in total. The van der Waals surface area contributed by atoms with Crippen molar-refractivity contribution >= 4 is 5.91 Å². The van der Waals surface area contributed by atoms with Crippen LogP contribution >= 0.6 is 0 Å². The molecule has 1 atom stereocenters. The van der Waals surface area contributed by atoms with Gasteiger partial charge < -0.3 is 4.90 Å². The summed E-state index contributed by atoms with van der Waals surface area (Å²) in [7, 11) is 0. The minimum atomic E-state index is 0.289. The summed E-state index contributed by atoms with van der Waals surface area (Å²) in [5.74, 6) is 0.289. The van der Waals surface area contributed by atoms with Gasteiger partial charge in [-0.15, -0.1) is 0 Å². The highest BCUT2D eigenvalue weighted by Crippen LogP contribution is 2.13. The van der Waals surface area contributed by atoms with Crippen LogP contribution in [0, 0.1) is 0 Å². The van der Waals surface area contributed by atoms with E-state index in [1.165, 1.54) is 6.42 Å². The Balaban J connectivity index is 1.91. The quantitative estimate of drug-likeness (QED) is 0.669. The van der Waals surface area contributed by atoms with Gasteiger partial charge >= 0.3 is 0 Å². The van der Waals surface area contributed by atoms with E-state index < -0.39 is 0 Å². The first kappa shape index (κ1) is 9.93. The Morgan fingerprint density at radius 3 is 2.93 bits per heavy atom. The first-order valence-corrected chi connectivity index (χ1v) is 5.56. The molecule has 1 N–H and O–H groups in total. The van der Waals surface area contributed by atoms with Crippen molar-refractivity contribution < 1.29 is 4.79 Å². The summed E-state index contributed by atoms with van der Waals surface area (Å²) in [6, 6.07) is 0. The van der Waals surface area contributed by atoms with Crippen molar-refractivity contribution in [1.29, 1.82) is 0 Å². The third-order valence-corrected chi connectivity index (χ3v) is 3.19. The lowest BCUT2D eigenvalue weighted by molar-refractivity contribution is -0.138. The predicted molar refractivity (Wildman–Crippen MR) is 54.9 cm³/mol. The van der Waals surface area contributed by atoms with Crippen LogP contribution in [0.4, 0.5) is 0 Å². The van der Waals surface area contributed by atoms with Gasteiger partial charge in [-0.25, -0.2) is 0 Å². The van der Waals surface area contributed by atoms with Crippen LogP contribution in [0.2, 0.25) is 0 Å². The predicted octanol–water partition coefficient (Wildman–Crippen LogP) is -0.140. The van der Waals surface area contributed by atoms with Crippen molar-refractivity contribution in [3.05, 3.63) is 0 Å². The maximum Gasteiger partial charge on any atom is 0.238 e. The van der Waals surface area contributed by atoms with E-state index in [9.17, 15) is 4.79 Å². The Labute approximate surface area is 85.2 Å². The van der Waals surface area contributed by atoms with Crippen LogP contribution in [0.3, 0.4) is 0 Å². The van der Waals surface area contributed by atoms with Gasteiger partial charge in [0.15, 0.2) is 0 Å². The molecule has 2 rings (SSSR count). The molecule has 2 fully saturated rings. The molecular formula is C10H19N3O. The standard InChI is InChI=1S/C10H19N3O/c1-2-12-6-7-13(10(14)8-12)9-4-3-5-11-9/h9,11H,2-8H2,1H3. The van der Waals surface area contributed by atoms with Crippen LogP contribution < -0.4 is 5.32 Å². The molecule has 0 aromatic rings. The second-order valence-electron chi connectivity index (χ2n) is 4.07. The van der Waals surface area contributed by atoms with Crippen LogP contribution in [-0.4, -0.2) is 54.6 Å². The minimum absolute atomic E-state index is 0.289. The second-order valence-corrected chi connectivity index (χ2v) is 4.07. The Morgan fingerprint density at radius 2 is 2.36 bits per heavy atom. The zero-order valence-electron chi connectivity index (χ0n) is 8.83. The molecule has 0 spiro atoms. The van der Waals surface area contributed by atoms with Gasteiger partial charge in [0.1, 0.15) is 0 Å². The van der Waals surface area contributed by atoms with Gasteiger partial charge in [0.25, 0.3) is 0 Å². The fourth-order valence-corrected chi connectivity index (χ4v) is 2.27. The van der Waals surface area contributed by atoms with Crippen LogP contribution in [0.1, 0.15) is 19.8 Å². The number of hydrogen-bond acceptors (Lipinski definition) is 3. The van der Waals surface area contributed by atoms with Gasteiger partial charge in [-0.2, -0.15) is 0 Å². The Hall–Kier alpha value is -0.610. The van der Waals surface area contributed by atoms with Gasteiger partial charge in [0, 0.05) is 13.1 Å². The summed E-state index contributed by atoms with van der Waals surface area (Å²) < 4.78 is 0. The fraction of sp³-hybridized carbons (Fsp3) is 0.900. The number of carbonyl (C=O) groups is 1. The van der Waals surface area contributed by atoms with Crippen LogP contribution in [0.15, 0.2) is 0 Å². The Kier molecular flexibility index (Phi) is 3.03. The average Bonchev–Trinajstić information content (AvgIpc) is 2.70. The fourth-order valence-electron chi connectivity index (χ4n) is 2.27. The van der Waals surface area contributed by atoms with Gasteiger partial charge in [0.05, 0.1) is 12.7 Å². The molecule has 1 amide bonds. The molecule has 0 aliphatic carbocycles. The van der Waals surface area contributed by atoms with E-state index in [0.29, 0.717) is 12.7 Å². The highest BCUT2D eigenvalue weighted by atomic mass is 16.2. The maximum absolute atomic E-state index is 11.8. The van der Waals surface area contributed by atoms with E-state index in [4.69, 9.17) is 0 Å². The monoisotopic (exact) mass is 197 g/mol. The molecule has 0 aromatic carbocycles. The molecule has 0 saturated carbocycles. The number of amides is 1. The summed E-state index contributed by atoms with van der Waals surface area (Å²) in [5.41, 5.74) is 0. The van der Waals surface area contributed by atoms with Gasteiger partial charge in [0.2, 0.25) is 5.91 Å². The SMILES string of the molecule is CCN1CCN(C2CCCN2)C(=O)C1. The number of carbonyl (C=O) groups excluding carboxylic acids is 1. The molecule has 80 valence electrons. The number of hydrogen-bond donors (Lipinski definition) is 1. The molecule has 2 aliphatic rings. The summed E-state index contributed by atoms with van der Waals surface area (Å²) in [4.78, 5) is 16.0. The number of nitrogens with zero attached hydrogens (tertiary/aromatic N) is 2. The van der Waals surface area contributed by atoms with Crippen LogP contribution in [-0.2, 0) is 4.79 Å². The zero-order valence-corrected chi connectivity index (χ0v) is 8.83. The van der Waals surface area contributed by atoms with E-state index in [0.717, 1.165) is 32.6 Å². The third-order valence-electron chi connectivity index (χ3n) is 3.19. The summed E-state index contributed by atoms with van der Waals surface area (Å²) >= 11 is 0. The van der Waals surface area contributed by atoms with Crippen molar-refractivity contribution in [3.8, 4) is 0 Å². The summed E-state index contributed by atoms with van der Waals surface area (Å²) in [6.07, 6.45) is 2.64. The molecular weight excluding hydrogens is 178 g/mol. The Morgan fingerprint density at radius 1 is 1.50 bits per heavy atom. The summed E-state index contributed by atoms with van der Waals surface area (Å²) in [5, 5.41) is 3.38. The lowest BCUT2D eigenvalue weighted by Gasteiger charge is -2.37. The molecule has 2 heterocycles. The molecule has 2 aliphatic heterocycles. The van der Waals surface area contributed by atoms with Crippen LogP contribution in [0.5, 0.6) is 0 Å². The first-order chi connectivity index (χ1) is 6.81. The van der Waals surface area contributed by atoms with Gasteiger partial charge in [-0.3, -0.25) is 15.0 Å². The second kappa shape index (κ2) is 4.28. The first-order valence-electron chi connectivity index (χ1n) is 5.56. The minimum Gasteiger partial charge on any atom is -0.325 e. The third kappa shape index (κ3) is 1.91. The molecule has 14 heavy (non-hydrogen) atoms. The molecule has 0 aromatic heterocycles. The number of piperazine rings is 1. The molecule has 2 saturated heterocycles. The number of nitrogens with one attached hydrogen (secondary N) is 1. The molecule has 0 bridgehead atoms. The average molecular weight is 197 g/mol. The smallest absolute Gasteiger partial charge is 0.238 e. The highest BCUT2D eigenvalue weighted by Gasteiger charge is 2.30. The molecule has 4 heteroatoms. The van der Waals surface area contributed by atoms with E-state index in [2.05, 4.69) is 17.1 Å². The van der Waals surface area contributed by atoms with Gasteiger partial charge in [-0.05, 0) is 25.9 Å². The molecule has 1 unspecified atom stereocenters. The van der Waals surface area contributed by atoms with E-state index >= 15 is 0 Å². The van der Waals surface area contributed by atoms with Crippen molar-refractivity contribution in [2.45, 2.75) is 25.9 Å². The number of likely N-dealkylation sites (N-methyl/N-ethyl adjacent to an activating group) is 1. The van der Waals surface area contributed by atoms with Gasteiger partial charge in [-0.1, -0.05) is 6.92 Å². The van der Waals surface area contributed by atoms with Crippen molar-refractivity contribution in [3.63, 3.8) is 0 Å². The largest absolute Gasteiger partial charge is 0.325 e. The highest BCUT2D eigenvalue weighted by molar-refractivity contribution is 5.79. The Bertz CT molecular complexity index is 213. The van der Waals surface area contributed by atoms with E-state index in [1.54, 1.807) is 0 Å². The van der Waals surface area contributed by atoms with Crippen LogP contribution in [0.25, 0.3) is 0 Å². The number of rotatable bonds is 2. The maximum atomic E-state index is 11.8. The van der Waals surface area contributed by atoms with Crippen molar-refractivity contribution in [2.24, 2.45) is 0 Å².